The van der Waals surface area contributed by atoms with Gasteiger partial charge in [-0.3, -0.25) is 9.59 Å². The van der Waals surface area contributed by atoms with E-state index in [0.717, 1.165) is 16.5 Å². The van der Waals surface area contributed by atoms with Gasteiger partial charge < -0.3 is 19.4 Å². The third kappa shape index (κ3) is 3.79. The van der Waals surface area contributed by atoms with E-state index in [9.17, 15) is 9.59 Å². The molecule has 1 aromatic heterocycles. The van der Waals surface area contributed by atoms with Crippen LogP contribution >= 0.6 is 0 Å². The number of aryl methyl sites for hydroxylation is 1. The minimum absolute atomic E-state index is 0.196. The summed E-state index contributed by atoms with van der Waals surface area (Å²) in [6.07, 6.45) is 0. The van der Waals surface area contributed by atoms with E-state index in [4.69, 9.17) is 9.47 Å². The number of methoxy groups -OCH3 is 2. The summed E-state index contributed by atoms with van der Waals surface area (Å²) in [5.74, 6) is 0.827. The molecule has 0 aliphatic carbocycles. The van der Waals surface area contributed by atoms with E-state index >= 15 is 0 Å². The van der Waals surface area contributed by atoms with Gasteiger partial charge in [-0.2, -0.15) is 0 Å². The Kier molecular flexibility index (Phi) is 5.16. The Morgan fingerprint density at radius 3 is 2.48 bits per heavy atom. The second-order valence-corrected chi connectivity index (χ2v) is 6.45. The lowest BCUT2D eigenvalue weighted by Crippen LogP contribution is -2.29. The number of hydrogen-bond donors (Lipinski definition) is 1. The third-order valence-electron chi connectivity index (χ3n) is 4.46. The Labute approximate surface area is 157 Å². The molecule has 1 heterocycles. The van der Waals surface area contributed by atoms with Crippen molar-refractivity contribution >= 4 is 16.8 Å². The van der Waals surface area contributed by atoms with Crippen LogP contribution < -0.4 is 15.0 Å². The molecule has 0 aliphatic rings. The van der Waals surface area contributed by atoms with Gasteiger partial charge in [-0.15, -0.1) is 0 Å². The predicted molar refractivity (Wildman–Crippen MR) is 105 cm³/mol. The molecule has 0 spiro atoms. The summed E-state index contributed by atoms with van der Waals surface area (Å²) in [5, 5.41) is 0.941. The summed E-state index contributed by atoms with van der Waals surface area (Å²) in [6, 6.07) is 12.7. The number of fused-ring (bicyclic) bond motifs is 1. The molecule has 6 heteroatoms. The molecule has 1 N–H and O–H groups in total. The van der Waals surface area contributed by atoms with Crippen LogP contribution in [-0.2, 0) is 6.54 Å². The summed E-state index contributed by atoms with van der Waals surface area (Å²) >= 11 is 0. The molecule has 0 unspecified atom stereocenters. The molecule has 6 nitrogen and oxygen atoms in total. The second kappa shape index (κ2) is 7.53. The molecule has 140 valence electrons. The number of carbonyl (C=O) groups is 1. The van der Waals surface area contributed by atoms with Crippen molar-refractivity contribution in [1.29, 1.82) is 0 Å². The van der Waals surface area contributed by atoms with E-state index in [2.05, 4.69) is 4.98 Å². The highest BCUT2D eigenvalue weighted by Gasteiger charge is 2.16. The zero-order valence-electron chi connectivity index (χ0n) is 15.8. The van der Waals surface area contributed by atoms with E-state index < -0.39 is 0 Å². The van der Waals surface area contributed by atoms with Crippen LogP contribution in [0.2, 0.25) is 0 Å². The largest absolute Gasteiger partial charge is 0.493 e. The van der Waals surface area contributed by atoms with Crippen LogP contribution in [0.4, 0.5) is 0 Å². The summed E-state index contributed by atoms with van der Waals surface area (Å²) in [7, 11) is 4.73. The SMILES string of the molecule is COc1ccc(C(=O)N(C)Cc2cc3cc(C)ccc3[nH]c2=O)cc1OC. The molecule has 27 heavy (non-hydrogen) atoms. The van der Waals surface area contributed by atoms with Crippen molar-refractivity contribution in [2.24, 2.45) is 0 Å². The zero-order valence-corrected chi connectivity index (χ0v) is 15.8. The maximum Gasteiger partial charge on any atom is 0.254 e. The van der Waals surface area contributed by atoms with Gasteiger partial charge in [-0.1, -0.05) is 11.6 Å². The molecule has 0 aliphatic heterocycles. The zero-order chi connectivity index (χ0) is 19.6. The minimum Gasteiger partial charge on any atom is -0.493 e. The maximum absolute atomic E-state index is 12.8. The molecule has 3 aromatic rings. The lowest BCUT2D eigenvalue weighted by atomic mass is 10.1. The monoisotopic (exact) mass is 366 g/mol. The average Bonchev–Trinajstić information content (AvgIpc) is 2.67. The van der Waals surface area contributed by atoms with E-state index in [1.54, 1.807) is 32.4 Å². The molecule has 1 amide bonds. The van der Waals surface area contributed by atoms with Crippen LogP contribution in [0.3, 0.4) is 0 Å². The fraction of sp³-hybridized carbons (Fsp3) is 0.238. The number of aromatic amines is 1. The first kappa shape index (κ1) is 18.5. The number of amides is 1. The Morgan fingerprint density at radius 1 is 1.04 bits per heavy atom. The van der Waals surface area contributed by atoms with Crippen LogP contribution in [0.15, 0.2) is 47.3 Å². The van der Waals surface area contributed by atoms with E-state index in [0.29, 0.717) is 22.6 Å². The van der Waals surface area contributed by atoms with Gasteiger partial charge in [-0.05, 0) is 48.7 Å². The van der Waals surface area contributed by atoms with Crippen LogP contribution in [0, 0.1) is 6.92 Å². The Morgan fingerprint density at radius 2 is 1.78 bits per heavy atom. The molecule has 0 saturated heterocycles. The molecule has 0 bridgehead atoms. The van der Waals surface area contributed by atoms with Crippen molar-refractivity contribution in [1.82, 2.24) is 9.88 Å². The van der Waals surface area contributed by atoms with E-state index in [-0.39, 0.29) is 18.0 Å². The van der Waals surface area contributed by atoms with Crippen LogP contribution in [0.1, 0.15) is 21.5 Å². The first-order valence-electron chi connectivity index (χ1n) is 8.53. The number of ether oxygens (including phenoxy) is 2. The molecular formula is C21H22N2O4. The molecule has 0 atom stereocenters. The molecule has 2 aromatic carbocycles. The fourth-order valence-corrected chi connectivity index (χ4v) is 3.01. The second-order valence-electron chi connectivity index (χ2n) is 6.45. The van der Waals surface area contributed by atoms with Gasteiger partial charge in [0.1, 0.15) is 0 Å². The topological polar surface area (TPSA) is 71.6 Å². The van der Waals surface area contributed by atoms with E-state index in [1.807, 2.05) is 31.2 Å². The number of pyridine rings is 1. The first-order valence-corrected chi connectivity index (χ1v) is 8.53. The highest BCUT2D eigenvalue weighted by Crippen LogP contribution is 2.28. The average molecular weight is 366 g/mol. The highest BCUT2D eigenvalue weighted by molar-refractivity contribution is 5.94. The number of nitrogens with zero attached hydrogens (tertiary/aromatic N) is 1. The third-order valence-corrected chi connectivity index (χ3v) is 4.46. The number of benzene rings is 2. The van der Waals surface area contributed by atoms with Gasteiger partial charge in [0.25, 0.3) is 11.5 Å². The Balaban J connectivity index is 1.87. The summed E-state index contributed by atoms with van der Waals surface area (Å²) in [4.78, 5) is 29.5. The van der Waals surface area contributed by atoms with Crippen molar-refractivity contribution in [2.45, 2.75) is 13.5 Å². The van der Waals surface area contributed by atoms with Gasteiger partial charge in [0, 0.05) is 23.7 Å². The van der Waals surface area contributed by atoms with Crippen molar-refractivity contribution < 1.29 is 14.3 Å². The quantitative estimate of drug-likeness (QED) is 0.753. The van der Waals surface area contributed by atoms with Crippen molar-refractivity contribution in [3.63, 3.8) is 0 Å². The summed E-state index contributed by atoms with van der Waals surface area (Å²) in [6.45, 7) is 2.20. The standard InChI is InChI=1S/C21H22N2O4/c1-13-5-7-17-15(9-13)10-16(20(24)22-17)12-23(2)21(25)14-6-8-18(26-3)19(11-14)27-4/h5-11H,12H2,1-4H3,(H,22,24). The number of aromatic nitrogens is 1. The number of H-pyrrole nitrogens is 1. The van der Waals surface area contributed by atoms with Gasteiger partial charge in [0.05, 0.1) is 20.8 Å². The van der Waals surface area contributed by atoms with Crippen LogP contribution in [0.5, 0.6) is 11.5 Å². The fourth-order valence-electron chi connectivity index (χ4n) is 3.01. The highest BCUT2D eigenvalue weighted by atomic mass is 16.5. The Hall–Kier alpha value is -3.28. The van der Waals surface area contributed by atoms with Crippen molar-refractivity contribution in [2.75, 3.05) is 21.3 Å². The van der Waals surface area contributed by atoms with Gasteiger partial charge in [-0.25, -0.2) is 0 Å². The molecule has 0 fully saturated rings. The molecule has 3 rings (SSSR count). The van der Waals surface area contributed by atoms with E-state index in [1.165, 1.54) is 12.0 Å². The number of hydrogen-bond acceptors (Lipinski definition) is 4. The lowest BCUT2D eigenvalue weighted by Gasteiger charge is -2.18. The lowest BCUT2D eigenvalue weighted by molar-refractivity contribution is 0.0784. The van der Waals surface area contributed by atoms with Crippen molar-refractivity contribution in [3.8, 4) is 11.5 Å². The molecule has 0 radical (unpaired) electrons. The smallest absolute Gasteiger partial charge is 0.254 e. The number of nitrogens with one attached hydrogen (secondary N) is 1. The first-order chi connectivity index (χ1) is 12.9. The predicted octanol–water partition coefficient (Wildman–Crippen LogP) is 3.13. The molecule has 0 saturated carbocycles. The summed E-state index contributed by atoms with van der Waals surface area (Å²) < 4.78 is 10.5. The van der Waals surface area contributed by atoms with Gasteiger partial charge in [0.15, 0.2) is 11.5 Å². The maximum atomic E-state index is 12.8. The van der Waals surface area contributed by atoms with Gasteiger partial charge >= 0.3 is 0 Å². The van der Waals surface area contributed by atoms with Crippen LogP contribution in [0.25, 0.3) is 10.9 Å². The number of carbonyl (C=O) groups excluding carboxylic acids is 1. The van der Waals surface area contributed by atoms with Crippen molar-refractivity contribution in [3.05, 3.63) is 69.5 Å². The summed E-state index contributed by atoms with van der Waals surface area (Å²) in [5.41, 5.74) is 2.68. The minimum atomic E-state index is -0.209. The number of rotatable bonds is 5. The van der Waals surface area contributed by atoms with Gasteiger partial charge in [0.2, 0.25) is 0 Å². The van der Waals surface area contributed by atoms with Crippen LogP contribution in [-0.4, -0.2) is 37.1 Å². The normalized spacial score (nSPS) is 10.7. The Bertz CT molecular complexity index is 1060. The molecular weight excluding hydrogens is 344 g/mol.